The van der Waals surface area contributed by atoms with E-state index in [1.807, 2.05) is 0 Å². The van der Waals surface area contributed by atoms with E-state index in [9.17, 15) is 0 Å². The zero-order valence-corrected chi connectivity index (χ0v) is 16.1. The van der Waals surface area contributed by atoms with Crippen molar-refractivity contribution in [3.8, 4) is 0 Å². The number of allylic oxidation sites excluding steroid dienone is 4. The predicted molar refractivity (Wildman–Crippen MR) is 105 cm³/mol. The van der Waals surface area contributed by atoms with Crippen LogP contribution in [0.1, 0.15) is 38.3 Å². The normalized spacial score (nSPS) is 15.5. The molecule has 0 fully saturated rings. The highest BCUT2D eigenvalue weighted by Crippen LogP contribution is 2.40. The van der Waals surface area contributed by atoms with Gasteiger partial charge in [-0.05, 0) is 42.9 Å². The van der Waals surface area contributed by atoms with Crippen LogP contribution in [0, 0.1) is 12.8 Å². The maximum Gasteiger partial charge on any atom is 0.0882 e. The molecule has 1 aliphatic rings. The van der Waals surface area contributed by atoms with E-state index in [1.165, 1.54) is 11.1 Å². The van der Waals surface area contributed by atoms with E-state index in [0.717, 1.165) is 6.42 Å². The SMILES string of the molecule is CC1=C(C(C)C)C([SiH2]c2ccccc2)=C(c2ccc(C)cc2)C1. The van der Waals surface area contributed by atoms with Crippen LogP contribution >= 0.6 is 0 Å². The van der Waals surface area contributed by atoms with E-state index in [0.29, 0.717) is 5.92 Å². The van der Waals surface area contributed by atoms with Crippen molar-refractivity contribution in [1.82, 2.24) is 0 Å². The van der Waals surface area contributed by atoms with Crippen molar-refractivity contribution in [1.29, 1.82) is 0 Å². The Morgan fingerprint density at radius 2 is 1.52 bits per heavy atom. The van der Waals surface area contributed by atoms with E-state index < -0.39 is 9.52 Å². The first kappa shape index (κ1) is 16.0. The molecule has 3 rings (SSSR count). The Morgan fingerprint density at radius 3 is 2.13 bits per heavy atom. The lowest BCUT2D eigenvalue weighted by atomic mass is 10.0. The Morgan fingerprint density at radius 1 is 0.870 bits per heavy atom. The van der Waals surface area contributed by atoms with E-state index >= 15 is 0 Å². The molecule has 0 amide bonds. The third kappa shape index (κ3) is 3.40. The second-order valence-electron chi connectivity index (χ2n) is 7.01. The Labute approximate surface area is 142 Å². The van der Waals surface area contributed by atoms with Gasteiger partial charge in [0.1, 0.15) is 0 Å². The van der Waals surface area contributed by atoms with Gasteiger partial charge < -0.3 is 0 Å². The topological polar surface area (TPSA) is 0 Å². The third-order valence-corrected chi connectivity index (χ3v) is 6.83. The van der Waals surface area contributed by atoms with E-state index in [2.05, 4.69) is 82.3 Å². The second kappa shape index (κ2) is 6.72. The molecule has 2 aromatic rings. The summed E-state index contributed by atoms with van der Waals surface area (Å²) in [4.78, 5) is 0. The minimum atomic E-state index is -0.436. The van der Waals surface area contributed by atoms with Crippen molar-refractivity contribution in [2.45, 2.75) is 34.1 Å². The van der Waals surface area contributed by atoms with Gasteiger partial charge in [0, 0.05) is 0 Å². The maximum atomic E-state index is 2.34. The number of aryl methyl sites for hydroxylation is 1. The minimum absolute atomic E-state index is 0.436. The zero-order valence-electron chi connectivity index (χ0n) is 14.7. The van der Waals surface area contributed by atoms with Crippen LogP contribution in [0.4, 0.5) is 0 Å². The summed E-state index contributed by atoms with van der Waals surface area (Å²) < 4.78 is 0. The molecule has 0 atom stereocenters. The lowest BCUT2D eigenvalue weighted by Crippen LogP contribution is -2.18. The van der Waals surface area contributed by atoms with Crippen LogP contribution in [0.3, 0.4) is 0 Å². The molecule has 0 radical (unpaired) electrons. The van der Waals surface area contributed by atoms with Crippen LogP contribution in [0.15, 0.2) is 70.9 Å². The highest BCUT2D eigenvalue weighted by Gasteiger charge is 2.25. The molecule has 0 nitrogen and oxygen atoms in total. The molecule has 23 heavy (non-hydrogen) atoms. The molecule has 0 spiro atoms. The van der Waals surface area contributed by atoms with Crippen molar-refractivity contribution < 1.29 is 0 Å². The van der Waals surface area contributed by atoms with Crippen LogP contribution in [0.2, 0.25) is 0 Å². The van der Waals surface area contributed by atoms with Crippen LogP contribution < -0.4 is 5.19 Å². The molecule has 0 saturated carbocycles. The summed E-state index contributed by atoms with van der Waals surface area (Å²) in [6.45, 7) is 9.18. The largest absolute Gasteiger partial charge is 0.0882 e. The average Bonchev–Trinajstić information content (AvgIpc) is 2.85. The first-order chi connectivity index (χ1) is 11.1. The fraction of sp³-hybridized carbons (Fsp3) is 0.273. The third-order valence-electron chi connectivity index (χ3n) is 4.79. The highest BCUT2D eigenvalue weighted by atomic mass is 28.2. The predicted octanol–water partition coefficient (Wildman–Crippen LogP) is 4.58. The van der Waals surface area contributed by atoms with E-state index in [4.69, 9.17) is 0 Å². The molecule has 0 heterocycles. The molecular weight excluding hydrogens is 292 g/mol. The Kier molecular flexibility index (Phi) is 4.68. The molecule has 0 saturated heterocycles. The molecule has 2 aromatic carbocycles. The highest BCUT2D eigenvalue weighted by molar-refractivity contribution is 6.63. The van der Waals surface area contributed by atoms with Crippen molar-refractivity contribution in [2.75, 3.05) is 0 Å². The summed E-state index contributed by atoms with van der Waals surface area (Å²) in [5.74, 6) is 0.615. The first-order valence-corrected chi connectivity index (χ1v) is 10.0. The number of rotatable bonds is 4. The smallest absolute Gasteiger partial charge is 0.0656 e. The van der Waals surface area contributed by atoms with Gasteiger partial charge in [0.15, 0.2) is 0 Å². The van der Waals surface area contributed by atoms with Crippen LogP contribution in [0.5, 0.6) is 0 Å². The number of hydrogen-bond donors (Lipinski definition) is 0. The molecule has 118 valence electrons. The number of hydrogen-bond acceptors (Lipinski definition) is 0. The van der Waals surface area contributed by atoms with Crippen molar-refractivity contribution >= 4 is 20.3 Å². The molecule has 0 bridgehead atoms. The molecular formula is C22H26Si. The molecule has 1 heteroatoms. The van der Waals surface area contributed by atoms with Gasteiger partial charge in [0.05, 0.1) is 9.52 Å². The van der Waals surface area contributed by atoms with Crippen molar-refractivity contribution in [2.24, 2.45) is 5.92 Å². The van der Waals surface area contributed by atoms with Crippen LogP contribution in [-0.2, 0) is 0 Å². The van der Waals surface area contributed by atoms with Crippen molar-refractivity contribution in [3.05, 3.63) is 82.1 Å². The van der Waals surface area contributed by atoms with Gasteiger partial charge in [-0.3, -0.25) is 0 Å². The van der Waals surface area contributed by atoms with Crippen LogP contribution in [0.25, 0.3) is 5.57 Å². The molecule has 0 N–H and O–H groups in total. The Hall–Kier alpha value is -1.86. The van der Waals surface area contributed by atoms with Crippen LogP contribution in [-0.4, -0.2) is 9.52 Å². The van der Waals surface area contributed by atoms with Gasteiger partial charge in [-0.25, -0.2) is 0 Å². The summed E-state index contributed by atoms with van der Waals surface area (Å²) >= 11 is 0. The van der Waals surface area contributed by atoms with Gasteiger partial charge >= 0.3 is 0 Å². The average molecular weight is 319 g/mol. The van der Waals surface area contributed by atoms with E-state index in [1.54, 1.807) is 27.1 Å². The van der Waals surface area contributed by atoms with Gasteiger partial charge in [-0.1, -0.05) is 90.0 Å². The Bertz CT molecular complexity index is 746. The van der Waals surface area contributed by atoms with Gasteiger partial charge in [-0.15, -0.1) is 0 Å². The maximum absolute atomic E-state index is 2.34. The quantitative estimate of drug-likeness (QED) is 0.724. The monoisotopic (exact) mass is 318 g/mol. The summed E-state index contributed by atoms with van der Waals surface area (Å²) in [7, 11) is -0.436. The standard InChI is InChI=1S/C22H26Si/c1-15(2)21-17(4)14-20(18-12-10-16(3)11-13-18)22(21)23-19-8-6-5-7-9-19/h5-13,15H,14,23H2,1-4H3. The van der Waals surface area contributed by atoms with Gasteiger partial charge in [0.25, 0.3) is 0 Å². The molecule has 1 aliphatic carbocycles. The summed E-state index contributed by atoms with van der Waals surface area (Å²) in [5, 5.41) is 3.23. The lowest BCUT2D eigenvalue weighted by molar-refractivity contribution is 0.779. The van der Waals surface area contributed by atoms with Gasteiger partial charge in [0.2, 0.25) is 0 Å². The zero-order chi connectivity index (χ0) is 16.4. The second-order valence-corrected chi connectivity index (χ2v) is 8.89. The fourth-order valence-electron chi connectivity index (χ4n) is 3.76. The lowest BCUT2D eigenvalue weighted by Gasteiger charge is -2.16. The molecule has 0 unspecified atom stereocenters. The number of benzene rings is 2. The molecule has 0 aliphatic heterocycles. The molecule has 0 aromatic heterocycles. The first-order valence-electron chi connectivity index (χ1n) is 8.59. The summed E-state index contributed by atoms with van der Waals surface area (Å²) in [6, 6.07) is 20.2. The summed E-state index contributed by atoms with van der Waals surface area (Å²) in [6.07, 6.45) is 1.13. The van der Waals surface area contributed by atoms with Crippen molar-refractivity contribution in [3.63, 3.8) is 0 Å². The Balaban J connectivity index is 2.06. The fourth-order valence-corrected chi connectivity index (χ4v) is 6.12. The van der Waals surface area contributed by atoms with Gasteiger partial charge in [-0.2, -0.15) is 0 Å². The summed E-state index contributed by atoms with van der Waals surface area (Å²) in [5.41, 5.74) is 7.55. The minimum Gasteiger partial charge on any atom is -0.0656 e. The van der Waals surface area contributed by atoms with E-state index in [-0.39, 0.29) is 0 Å².